The van der Waals surface area contributed by atoms with Gasteiger partial charge in [0.25, 0.3) is 0 Å². The lowest BCUT2D eigenvalue weighted by Gasteiger charge is -2.26. The number of hydrogen-bond acceptors (Lipinski definition) is 6. The fourth-order valence-electron chi connectivity index (χ4n) is 1.80. The van der Waals surface area contributed by atoms with Crippen LogP contribution in [0.4, 0.5) is 0 Å². The summed E-state index contributed by atoms with van der Waals surface area (Å²) in [6, 6.07) is 0. The quantitative estimate of drug-likeness (QED) is 0.453. The topological polar surface area (TPSA) is 83.2 Å². The molecule has 1 fully saturated rings. The van der Waals surface area contributed by atoms with Gasteiger partial charge in [0, 0.05) is 13.7 Å². The van der Waals surface area contributed by atoms with Crippen LogP contribution in [0.2, 0.25) is 0 Å². The number of aliphatic hydroxyl groups is 1. The maximum atomic E-state index is 10.2. The van der Waals surface area contributed by atoms with E-state index in [1.54, 1.807) is 7.11 Å². The highest BCUT2D eigenvalue weighted by Gasteiger charge is 2.42. The van der Waals surface area contributed by atoms with Gasteiger partial charge >= 0.3 is 0 Å². The van der Waals surface area contributed by atoms with E-state index in [-0.39, 0.29) is 6.54 Å². The molecule has 19 heavy (non-hydrogen) atoms. The summed E-state index contributed by atoms with van der Waals surface area (Å²) < 4.78 is 20.8. The molecule has 114 valence electrons. The van der Waals surface area contributed by atoms with Gasteiger partial charge in [-0.15, -0.1) is 0 Å². The van der Waals surface area contributed by atoms with Crippen LogP contribution in [0.1, 0.15) is 12.8 Å². The van der Waals surface area contributed by atoms with Gasteiger partial charge in [-0.1, -0.05) is 0 Å². The minimum absolute atomic E-state index is 0.256. The monoisotopic (exact) mass is 277 g/mol. The largest absolute Gasteiger partial charge is 0.386 e. The predicted molar refractivity (Wildman–Crippen MR) is 71.1 cm³/mol. The van der Waals surface area contributed by atoms with Crippen LogP contribution in [0.5, 0.6) is 0 Å². The molecule has 1 atom stereocenters. The molecule has 6 heteroatoms. The molecule has 1 unspecified atom stereocenters. The van der Waals surface area contributed by atoms with Gasteiger partial charge in [0.15, 0.2) is 0 Å². The second kappa shape index (κ2) is 9.63. The average molecular weight is 277 g/mol. The van der Waals surface area contributed by atoms with E-state index in [0.717, 1.165) is 12.8 Å². The molecular weight excluding hydrogens is 250 g/mol. The zero-order chi connectivity index (χ0) is 14.0. The van der Waals surface area contributed by atoms with Crippen molar-refractivity contribution in [2.45, 2.75) is 18.4 Å². The normalized spacial score (nSPS) is 18.5. The predicted octanol–water partition coefficient (Wildman–Crippen LogP) is -0.218. The Bertz CT molecular complexity index is 225. The van der Waals surface area contributed by atoms with Gasteiger partial charge in [-0.2, -0.15) is 0 Å². The van der Waals surface area contributed by atoms with Crippen molar-refractivity contribution in [3.63, 3.8) is 0 Å². The summed E-state index contributed by atoms with van der Waals surface area (Å²) in [5.41, 5.74) is 4.74. The molecule has 3 N–H and O–H groups in total. The van der Waals surface area contributed by atoms with Gasteiger partial charge in [-0.3, -0.25) is 0 Å². The molecule has 0 aromatic carbocycles. The van der Waals surface area contributed by atoms with E-state index in [4.69, 9.17) is 24.7 Å². The molecule has 0 heterocycles. The Labute approximate surface area is 115 Å². The van der Waals surface area contributed by atoms with Crippen molar-refractivity contribution in [2.75, 3.05) is 59.9 Å². The molecule has 6 nitrogen and oxygen atoms in total. The van der Waals surface area contributed by atoms with Gasteiger partial charge in [-0.05, 0) is 18.8 Å². The fourth-order valence-corrected chi connectivity index (χ4v) is 1.80. The first-order valence-electron chi connectivity index (χ1n) is 6.87. The Morgan fingerprint density at radius 3 is 2.00 bits per heavy atom. The van der Waals surface area contributed by atoms with Gasteiger partial charge in [0.2, 0.25) is 0 Å². The molecule has 1 aliphatic rings. The molecule has 0 aliphatic heterocycles. The first kappa shape index (κ1) is 16.8. The van der Waals surface area contributed by atoms with Crippen molar-refractivity contribution in [3.8, 4) is 0 Å². The summed E-state index contributed by atoms with van der Waals surface area (Å²) in [4.78, 5) is 0. The molecule has 0 amide bonds. The second-order valence-electron chi connectivity index (χ2n) is 4.85. The van der Waals surface area contributed by atoms with E-state index in [1.165, 1.54) is 0 Å². The van der Waals surface area contributed by atoms with Gasteiger partial charge < -0.3 is 29.8 Å². The summed E-state index contributed by atoms with van der Waals surface area (Å²) in [5, 5.41) is 10.2. The van der Waals surface area contributed by atoms with Crippen LogP contribution in [-0.4, -0.2) is 70.6 Å². The van der Waals surface area contributed by atoms with E-state index < -0.39 is 5.60 Å². The summed E-state index contributed by atoms with van der Waals surface area (Å²) in [6.45, 7) is 3.79. The SMILES string of the molecule is COCCOCCOCCOCC(O)(CN)C1CC1. The molecule has 0 aromatic rings. The maximum Gasteiger partial charge on any atom is 0.103 e. The van der Waals surface area contributed by atoms with Crippen molar-refractivity contribution in [1.29, 1.82) is 0 Å². The Hall–Kier alpha value is -0.240. The summed E-state index contributed by atoms with van der Waals surface area (Å²) in [7, 11) is 1.64. The Morgan fingerprint density at radius 1 is 1.00 bits per heavy atom. The van der Waals surface area contributed by atoms with Gasteiger partial charge in [0.1, 0.15) is 5.60 Å². The minimum atomic E-state index is -0.844. The number of ether oxygens (including phenoxy) is 4. The molecule has 0 saturated heterocycles. The molecule has 1 rings (SSSR count). The van der Waals surface area contributed by atoms with Crippen LogP contribution < -0.4 is 5.73 Å². The highest BCUT2D eigenvalue weighted by molar-refractivity contribution is 4.95. The molecule has 1 saturated carbocycles. The zero-order valence-electron chi connectivity index (χ0n) is 11.8. The van der Waals surface area contributed by atoms with Crippen LogP contribution >= 0.6 is 0 Å². The Balaban J connectivity index is 1.85. The van der Waals surface area contributed by atoms with Crippen LogP contribution in [0.25, 0.3) is 0 Å². The number of methoxy groups -OCH3 is 1. The summed E-state index contributed by atoms with van der Waals surface area (Å²) in [5.74, 6) is 0.313. The first-order valence-corrected chi connectivity index (χ1v) is 6.87. The number of hydrogen-bond donors (Lipinski definition) is 2. The smallest absolute Gasteiger partial charge is 0.103 e. The summed E-state index contributed by atoms with van der Waals surface area (Å²) in [6.07, 6.45) is 2.10. The molecule has 0 bridgehead atoms. The zero-order valence-corrected chi connectivity index (χ0v) is 11.8. The Morgan fingerprint density at radius 2 is 1.53 bits per heavy atom. The average Bonchev–Trinajstić information content (AvgIpc) is 3.25. The van der Waals surface area contributed by atoms with E-state index in [1.807, 2.05) is 0 Å². The van der Waals surface area contributed by atoms with Crippen molar-refractivity contribution in [3.05, 3.63) is 0 Å². The third kappa shape index (κ3) is 7.20. The Kier molecular flexibility index (Phi) is 8.52. The highest BCUT2D eigenvalue weighted by Crippen LogP contribution is 2.39. The lowest BCUT2D eigenvalue weighted by Crippen LogP contribution is -2.44. The van der Waals surface area contributed by atoms with Crippen molar-refractivity contribution in [2.24, 2.45) is 11.7 Å². The van der Waals surface area contributed by atoms with Crippen LogP contribution in [-0.2, 0) is 18.9 Å². The molecule has 1 aliphatic carbocycles. The first-order chi connectivity index (χ1) is 9.23. The lowest BCUT2D eigenvalue weighted by molar-refractivity contribution is -0.0683. The van der Waals surface area contributed by atoms with Crippen molar-refractivity contribution >= 4 is 0 Å². The van der Waals surface area contributed by atoms with Crippen molar-refractivity contribution in [1.82, 2.24) is 0 Å². The lowest BCUT2D eigenvalue weighted by atomic mass is 9.99. The standard InChI is InChI=1S/C13H27NO5/c1-16-4-5-17-6-7-18-8-9-19-11-13(15,10-14)12-2-3-12/h12,15H,2-11,14H2,1H3. The fraction of sp³-hybridized carbons (Fsp3) is 1.00. The van der Waals surface area contributed by atoms with Gasteiger partial charge in [-0.25, -0.2) is 0 Å². The molecule has 0 aromatic heterocycles. The number of nitrogens with two attached hydrogens (primary N) is 1. The van der Waals surface area contributed by atoms with E-state index in [9.17, 15) is 5.11 Å². The highest BCUT2D eigenvalue weighted by atomic mass is 16.6. The maximum absolute atomic E-state index is 10.2. The van der Waals surface area contributed by atoms with Crippen LogP contribution in [0.15, 0.2) is 0 Å². The van der Waals surface area contributed by atoms with E-state index in [2.05, 4.69) is 0 Å². The van der Waals surface area contributed by atoms with Crippen LogP contribution in [0, 0.1) is 5.92 Å². The molecule has 0 radical (unpaired) electrons. The third-order valence-electron chi connectivity index (χ3n) is 3.22. The minimum Gasteiger partial charge on any atom is -0.386 e. The van der Waals surface area contributed by atoms with Gasteiger partial charge in [0.05, 0.1) is 46.2 Å². The number of rotatable bonds is 13. The van der Waals surface area contributed by atoms with E-state index >= 15 is 0 Å². The van der Waals surface area contributed by atoms with E-state index in [0.29, 0.717) is 52.2 Å². The van der Waals surface area contributed by atoms with Crippen LogP contribution in [0.3, 0.4) is 0 Å². The van der Waals surface area contributed by atoms with Crippen molar-refractivity contribution < 1.29 is 24.1 Å². The summed E-state index contributed by atoms with van der Waals surface area (Å²) >= 11 is 0. The third-order valence-corrected chi connectivity index (χ3v) is 3.22. The molecule has 0 spiro atoms. The second-order valence-corrected chi connectivity index (χ2v) is 4.85. The molecular formula is C13H27NO5.